The molecule has 0 bridgehead atoms. The first kappa shape index (κ1) is 43.2. The highest BCUT2D eigenvalue weighted by atomic mass is 32.2. The molecule has 10 atom stereocenters. The molecular weight excluding hydrogens is 755 g/mol. The van der Waals surface area contributed by atoms with Crippen molar-refractivity contribution < 1.29 is 44.0 Å². The van der Waals surface area contributed by atoms with E-state index in [1.54, 1.807) is 0 Å². The number of aryl methyl sites for hydroxylation is 1. The van der Waals surface area contributed by atoms with Crippen LogP contribution in [0, 0.1) is 29.1 Å². The second-order valence-corrected chi connectivity index (χ2v) is 19.1. The number of hydrogen-bond acceptors (Lipinski definition) is 11. The first-order valence-electron chi connectivity index (χ1n) is 21.9. The third-order valence-electron chi connectivity index (χ3n) is 14.8. The highest BCUT2D eigenvalue weighted by Gasteiger charge is 2.70. The second-order valence-electron chi connectivity index (χ2n) is 18.0. The van der Waals surface area contributed by atoms with Crippen molar-refractivity contribution in [1.82, 2.24) is 5.32 Å². The third kappa shape index (κ3) is 8.91. The number of rotatable bonds is 18. The van der Waals surface area contributed by atoms with Crippen LogP contribution in [-0.4, -0.2) is 86.5 Å². The summed E-state index contributed by atoms with van der Waals surface area (Å²) in [6.45, 7) is 2.23. The number of aliphatic hydroxyl groups is 3. The van der Waals surface area contributed by atoms with Crippen molar-refractivity contribution in [3.8, 4) is 0 Å². The Labute approximate surface area is 347 Å². The number of Topliss-reactive ketones (excluding diaryl/α,β-unsaturated/α-hetero) is 1. The van der Waals surface area contributed by atoms with E-state index in [-0.39, 0.29) is 65.4 Å². The van der Waals surface area contributed by atoms with E-state index in [0.717, 1.165) is 43.9 Å². The van der Waals surface area contributed by atoms with Gasteiger partial charge in [0.15, 0.2) is 23.1 Å². The Morgan fingerprint density at radius 3 is 2.67 bits per heavy atom. The molecule has 0 aromatic heterocycles. The number of carbonyl (C=O) groups is 4. The van der Waals surface area contributed by atoms with Crippen molar-refractivity contribution in [3.63, 3.8) is 0 Å². The Morgan fingerprint density at radius 2 is 1.84 bits per heavy atom. The summed E-state index contributed by atoms with van der Waals surface area (Å²) in [5.41, 5.74) is 2.22. The van der Waals surface area contributed by atoms with Gasteiger partial charge in [-0.3, -0.25) is 24.5 Å². The summed E-state index contributed by atoms with van der Waals surface area (Å²) in [4.78, 5) is 51.4. The molecule has 10 nitrogen and oxygen atoms in total. The van der Waals surface area contributed by atoms with Crippen molar-refractivity contribution in [2.75, 3.05) is 19.1 Å². The first-order chi connectivity index (χ1) is 28.0. The molecular formula is C47H63NO9S. The van der Waals surface area contributed by atoms with E-state index in [9.17, 15) is 34.5 Å². The zero-order valence-electron chi connectivity index (χ0n) is 34.1. The number of esters is 1. The number of nitrogens with one attached hydrogen (secondary N) is 1. The average Bonchev–Trinajstić information content (AvgIpc) is 3.83. The van der Waals surface area contributed by atoms with Crippen LogP contribution in [0.15, 0.2) is 65.8 Å². The zero-order valence-corrected chi connectivity index (χ0v) is 34.9. The van der Waals surface area contributed by atoms with Crippen molar-refractivity contribution in [1.29, 1.82) is 0 Å². The summed E-state index contributed by atoms with van der Waals surface area (Å²) in [5.74, 6) is 0.248. The van der Waals surface area contributed by atoms with E-state index >= 15 is 0 Å². The third-order valence-corrected chi connectivity index (χ3v) is 15.8. The molecule has 0 amide bonds. The standard InChI is InChI=1S/C47H63NO9S/c1-45-23-19-34(50)27-32(45)14-17-37-38(45)20-24-46-39(37)21-25-47(46,57-30-48-46)42(53)29-56-43(54)22-26-58-44(55)12-8-3-2-7-11-35-36(41(52)28-40(35)51)18-16-33(49)15-13-31-9-5-4-6-10-31/h2,4-7,9-10,20,27,33,35-37,39-41,48-49,51-52H,3,8,11-19,21-26,28-30H2,1H3/b7-2-/t33-,35+,36+,37+,39-,40-,41+,45?,46?,47-/m0/s1. The fourth-order valence-corrected chi connectivity index (χ4v) is 12.5. The minimum Gasteiger partial charge on any atom is -0.458 e. The fraction of sp³-hybridized carbons (Fsp3) is 0.660. The van der Waals surface area contributed by atoms with Crippen molar-refractivity contribution in [2.45, 2.75) is 146 Å². The number of aliphatic hydroxyl groups excluding tert-OH is 3. The maximum atomic E-state index is 13.9. The molecule has 316 valence electrons. The minimum absolute atomic E-state index is 0.00416. The van der Waals surface area contributed by atoms with Crippen LogP contribution in [0.2, 0.25) is 0 Å². The monoisotopic (exact) mass is 817 g/mol. The summed E-state index contributed by atoms with van der Waals surface area (Å²) in [6, 6.07) is 10.1. The molecule has 5 aliphatic carbocycles. The van der Waals surface area contributed by atoms with E-state index in [1.807, 2.05) is 36.4 Å². The van der Waals surface area contributed by atoms with Gasteiger partial charge in [0.25, 0.3) is 0 Å². The SMILES string of the molecule is CC12CCC(=O)C=C1CC[C@@H]1C2=CCC23NCO[C@]2(C(=O)COC(=O)CCSC(=O)CCC/C=C\C[C@@H]2[C@@H](CC[C@@H](O)CCc4ccccc4)[C@H](O)C[C@@H]2O)CC[C@@H]13. The maximum Gasteiger partial charge on any atom is 0.307 e. The number of hydrogen-bond donors (Lipinski definition) is 4. The normalized spacial score (nSPS) is 34.4. The van der Waals surface area contributed by atoms with Crippen LogP contribution in [0.25, 0.3) is 0 Å². The van der Waals surface area contributed by atoms with Gasteiger partial charge in [0, 0.05) is 24.0 Å². The lowest BCUT2D eigenvalue weighted by atomic mass is 9.52. The number of unbranched alkanes of at least 4 members (excludes halogenated alkanes) is 1. The Kier molecular flexibility index (Phi) is 14.0. The van der Waals surface area contributed by atoms with E-state index in [1.165, 1.54) is 16.7 Å². The minimum atomic E-state index is -1.04. The van der Waals surface area contributed by atoms with Crippen LogP contribution in [0.5, 0.6) is 0 Å². The topological polar surface area (TPSA) is 159 Å². The molecule has 0 radical (unpaired) electrons. The van der Waals surface area contributed by atoms with Gasteiger partial charge in [-0.2, -0.15) is 0 Å². The van der Waals surface area contributed by atoms with E-state index in [0.29, 0.717) is 76.5 Å². The molecule has 3 saturated carbocycles. The first-order valence-corrected chi connectivity index (χ1v) is 22.9. The smallest absolute Gasteiger partial charge is 0.307 e. The van der Waals surface area contributed by atoms with Crippen molar-refractivity contribution in [3.05, 3.63) is 71.3 Å². The number of benzene rings is 1. The van der Waals surface area contributed by atoms with Gasteiger partial charge in [-0.25, -0.2) is 0 Å². The van der Waals surface area contributed by atoms with Crippen LogP contribution in [0.1, 0.15) is 115 Å². The quantitative estimate of drug-likeness (QED) is 0.0728. The Balaban J connectivity index is 0.787. The Bertz CT molecular complexity index is 1760. The summed E-state index contributed by atoms with van der Waals surface area (Å²) >= 11 is 1.11. The number of fused-ring (bicyclic) bond motifs is 4. The molecule has 7 rings (SSSR count). The number of thioether (sulfide) groups is 1. The average molecular weight is 818 g/mol. The molecule has 1 saturated heterocycles. The lowest BCUT2D eigenvalue weighted by Gasteiger charge is -2.54. The summed E-state index contributed by atoms with van der Waals surface area (Å²) < 4.78 is 11.8. The fourth-order valence-electron chi connectivity index (χ4n) is 11.7. The Hall–Kier alpha value is -2.93. The van der Waals surface area contributed by atoms with Crippen LogP contribution in [0.4, 0.5) is 0 Å². The number of ether oxygens (including phenoxy) is 2. The summed E-state index contributed by atoms with van der Waals surface area (Å²) in [7, 11) is 0. The number of allylic oxidation sites excluding steroid dienone is 5. The van der Waals surface area contributed by atoms with Gasteiger partial charge >= 0.3 is 5.97 Å². The van der Waals surface area contributed by atoms with Gasteiger partial charge in [-0.05, 0) is 125 Å². The van der Waals surface area contributed by atoms with Gasteiger partial charge in [0.1, 0.15) is 0 Å². The van der Waals surface area contributed by atoms with Gasteiger partial charge in [0.05, 0.1) is 37.0 Å². The molecule has 1 aromatic rings. The van der Waals surface area contributed by atoms with Crippen LogP contribution >= 0.6 is 11.8 Å². The van der Waals surface area contributed by atoms with Crippen LogP contribution in [0.3, 0.4) is 0 Å². The van der Waals surface area contributed by atoms with Gasteiger partial charge < -0.3 is 24.8 Å². The molecule has 1 heterocycles. The second kappa shape index (κ2) is 18.8. The molecule has 1 aliphatic heterocycles. The summed E-state index contributed by atoms with van der Waals surface area (Å²) in [5, 5.41) is 35.5. The van der Waals surface area contributed by atoms with Crippen LogP contribution < -0.4 is 5.32 Å². The molecule has 6 aliphatic rings. The maximum absolute atomic E-state index is 13.9. The van der Waals surface area contributed by atoms with Gasteiger partial charge in [-0.15, -0.1) is 0 Å². The molecule has 1 aromatic carbocycles. The zero-order chi connectivity index (χ0) is 40.9. The van der Waals surface area contributed by atoms with Gasteiger partial charge in [0.2, 0.25) is 5.78 Å². The molecule has 2 unspecified atom stereocenters. The number of ketones is 2. The van der Waals surface area contributed by atoms with Crippen LogP contribution in [-0.2, 0) is 35.1 Å². The lowest BCUT2D eigenvalue weighted by Crippen LogP contribution is -2.64. The molecule has 11 heteroatoms. The highest BCUT2D eigenvalue weighted by molar-refractivity contribution is 8.13. The van der Waals surface area contributed by atoms with E-state index < -0.39 is 35.4 Å². The molecule has 4 fully saturated rings. The summed E-state index contributed by atoms with van der Waals surface area (Å²) in [6.07, 6.45) is 17.6. The largest absolute Gasteiger partial charge is 0.458 e. The lowest BCUT2D eigenvalue weighted by molar-refractivity contribution is -0.157. The van der Waals surface area contributed by atoms with Gasteiger partial charge in [-0.1, -0.05) is 78.4 Å². The van der Waals surface area contributed by atoms with E-state index in [2.05, 4.69) is 30.4 Å². The van der Waals surface area contributed by atoms with Crippen molar-refractivity contribution in [2.24, 2.45) is 29.1 Å². The highest BCUT2D eigenvalue weighted by Crippen LogP contribution is 2.64. The predicted molar refractivity (Wildman–Crippen MR) is 222 cm³/mol. The Morgan fingerprint density at radius 1 is 1.03 bits per heavy atom. The molecule has 58 heavy (non-hydrogen) atoms. The molecule has 1 spiro atoms. The predicted octanol–water partition coefficient (Wildman–Crippen LogP) is 6.50. The van der Waals surface area contributed by atoms with E-state index in [4.69, 9.17) is 9.47 Å². The molecule has 4 N–H and O–H groups in total. The van der Waals surface area contributed by atoms with Crippen molar-refractivity contribution >= 4 is 34.4 Å². The number of carbonyl (C=O) groups excluding carboxylic acids is 4.